The summed E-state index contributed by atoms with van der Waals surface area (Å²) in [6.07, 6.45) is 2.41. The van der Waals surface area contributed by atoms with E-state index in [0.717, 1.165) is 51.3 Å². The third-order valence-corrected chi connectivity index (χ3v) is 6.15. The van der Waals surface area contributed by atoms with Crippen LogP contribution in [-0.4, -0.2) is 60.8 Å². The Kier molecular flexibility index (Phi) is 7.00. The van der Waals surface area contributed by atoms with Crippen LogP contribution in [0.3, 0.4) is 0 Å². The average molecular weight is 388 g/mol. The first-order chi connectivity index (χ1) is 13.4. The summed E-state index contributed by atoms with van der Waals surface area (Å²) in [4.78, 5) is 17.6. The first-order valence-electron chi connectivity index (χ1n) is 10.9. The Morgan fingerprint density at radius 2 is 1.68 bits per heavy atom. The van der Waals surface area contributed by atoms with Crippen molar-refractivity contribution in [3.05, 3.63) is 29.3 Å². The number of hydrogen-bond acceptors (Lipinski definition) is 3. The van der Waals surface area contributed by atoms with Gasteiger partial charge in [-0.3, -0.25) is 4.90 Å². The molecule has 156 valence electrons. The number of likely N-dealkylation sites (tertiary alicyclic amines) is 1. The van der Waals surface area contributed by atoms with E-state index >= 15 is 0 Å². The van der Waals surface area contributed by atoms with Gasteiger partial charge in [0.2, 0.25) is 0 Å². The Hall–Kier alpha value is -1.59. The van der Waals surface area contributed by atoms with Crippen molar-refractivity contribution in [1.82, 2.24) is 9.80 Å². The fourth-order valence-electron chi connectivity index (χ4n) is 4.49. The molecule has 1 N–H and O–H groups in total. The number of nitrogens with zero attached hydrogens (tertiary/aromatic N) is 2. The van der Waals surface area contributed by atoms with Crippen molar-refractivity contribution in [1.29, 1.82) is 0 Å². The number of anilines is 1. The van der Waals surface area contributed by atoms with Crippen LogP contribution < -0.4 is 5.32 Å². The first kappa shape index (κ1) is 21.1. The Morgan fingerprint density at radius 1 is 1.07 bits per heavy atom. The lowest BCUT2D eigenvalue weighted by molar-refractivity contribution is -0.0415. The van der Waals surface area contributed by atoms with Crippen molar-refractivity contribution < 1.29 is 9.53 Å². The summed E-state index contributed by atoms with van der Waals surface area (Å²) in [5.74, 6) is 0.756. The van der Waals surface area contributed by atoms with Gasteiger partial charge in [-0.2, -0.15) is 0 Å². The van der Waals surface area contributed by atoms with E-state index in [2.05, 4.69) is 63.0 Å². The SMILES string of the molecule is CC(C)c1cccc(C(C)C)c1NC(=O)N1CCC(N2CCO[C@@H](C)C2)CC1. The molecule has 2 aliphatic heterocycles. The van der Waals surface area contributed by atoms with Crippen LogP contribution in [-0.2, 0) is 4.74 Å². The lowest BCUT2D eigenvalue weighted by atomic mass is 9.92. The number of amides is 2. The molecular formula is C23H37N3O2. The van der Waals surface area contributed by atoms with Gasteiger partial charge in [-0.1, -0.05) is 45.9 Å². The fourth-order valence-corrected chi connectivity index (χ4v) is 4.49. The minimum atomic E-state index is 0.0452. The molecule has 2 fully saturated rings. The molecule has 1 aromatic carbocycles. The zero-order valence-corrected chi connectivity index (χ0v) is 18.2. The lowest BCUT2D eigenvalue weighted by Gasteiger charge is -2.41. The molecule has 2 amide bonds. The van der Waals surface area contributed by atoms with Gasteiger partial charge in [0, 0.05) is 37.9 Å². The molecule has 5 nitrogen and oxygen atoms in total. The number of para-hydroxylation sites is 1. The number of hydrogen-bond donors (Lipinski definition) is 1. The van der Waals surface area contributed by atoms with E-state index < -0.39 is 0 Å². The fraction of sp³-hybridized carbons (Fsp3) is 0.696. The van der Waals surface area contributed by atoms with E-state index in [1.54, 1.807) is 0 Å². The number of nitrogens with one attached hydrogen (secondary N) is 1. The second-order valence-corrected chi connectivity index (χ2v) is 8.95. The second-order valence-electron chi connectivity index (χ2n) is 8.95. The average Bonchev–Trinajstić information content (AvgIpc) is 2.68. The molecule has 0 bridgehead atoms. The summed E-state index contributed by atoms with van der Waals surface area (Å²) in [7, 11) is 0. The number of carbonyl (C=O) groups is 1. The molecule has 0 aromatic heterocycles. The minimum Gasteiger partial charge on any atom is -0.376 e. The predicted octanol–water partition coefficient (Wildman–Crippen LogP) is 4.65. The van der Waals surface area contributed by atoms with Gasteiger partial charge in [-0.05, 0) is 42.7 Å². The van der Waals surface area contributed by atoms with Crippen molar-refractivity contribution in [2.75, 3.05) is 38.1 Å². The van der Waals surface area contributed by atoms with E-state index in [1.807, 2.05) is 4.90 Å². The largest absolute Gasteiger partial charge is 0.376 e. The highest BCUT2D eigenvalue weighted by molar-refractivity contribution is 5.91. The number of morpholine rings is 1. The highest BCUT2D eigenvalue weighted by Crippen LogP contribution is 2.33. The van der Waals surface area contributed by atoms with Crippen LogP contribution in [0.1, 0.15) is 70.4 Å². The first-order valence-corrected chi connectivity index (χ1v) is 10.9. The molecule has 1 aromatic rings. The molecule has 5 heteroatoms. The van der Waals surface area contributed by atoms with Crippen molar-refractivity contribution in [2.45, 2.75) is 71.4 Å². The second kappa shape index (κ2) is 9.27. The van der Waals surface area contributed by atoms with Gasteiger partial charge in [-0.25, -0.2) is 4.79 Å². The van der Waals surface area contributed by atoms with Crippen molar-refractivity contribution in [3.63, 3.8) is 0 Å². The highest BCUT2D eigenvalue weighted by Gasteiger charge is 2.30. The van der Waals surface area contributed by atoms with Crippen LogP contribution in [0.25, 0.3) is 0 Å². The van der Waals surface area contributed by atoms with Crippen LogP contribution in [0.2, 0.25) is 0 Å². The molecule has 1 atom stereocenters. The maximum absolute atomic E-state index is 13.0. The van der Waals surface area contributed by atoms with Crippen LogP contribution in [0, 0.1) is 0 Å². The van der Waals surface area contributed by atoms with E-state index in [4.69, 9.17) is 4.74 Å². The minimum absolute atomic E-state index is 0.0452. The molecule has 0 unspecified atom stereocenters. The standard InChI is InChI=1S/C23H37N3O2/c1-16(2)20-7-6-8-21(17(3)4)22(20)24-23(27)25-11-9-19(10-12-25)26-13-14-28-18(5)15-26/h6-8,16-19H,9-15H2,1-5H3,(H,24,27)/t18-/m0/s1. The Balaban J connectivity index is 1.63. The van der Waals surface area contributed by atoms with E-state index in [-0.39, 0.29) is 6.03 Å². The highest BCUT2D eigenvalue weighted by atomic mass is 16.5. The lowest BCUT2D eigenvalue weighted by Crippen LogP contribution is -2.52. The smallest absolute Gasteiger partial charge is 0.321 e. The van der Waals surface area contributed by atoms with Gasteiger partial charge >= 0.3 is 6.03 Å². The quantitative estimate of drug-likeness (QED) is 0.818. The third kappa shape index (κ3) is 4.87. The molecule has 0 saturated carbocycles. The summed E-state index contributed by atoms with van der Waals surface area (Å²) in [5.41, 5.74) is 3.45. The van der Waals surface area contributed by atoms with Crippen molar-refractivity contribution in [2.24, 2.45) is 0 Å². The summed E-state index contributed by atoms with van der Waals surface area (Å²) in [6, 6.07) is 7.00. The molecule has 0 aliphatic carbocycles. The van der Waals surface area contributed by atoms with E-state index in [1.165, 1.54) is 11.1 Å². The summed E-state index contributed by atoms with van der Waals surface area (Å²) >= 11 is 0. The molecular weight excluding hydrogens is 350 g/mol. The molecule has 2 saturated heterocycles. The van der Waals surface area contributed by atoms with Gasteiger partial charge in [0.15, 0.2) is 0 Å². The van der Waals surface area contributed by atoms with Crippen LogP contribution in [0.4, 0.5) is 10.5 Å². The third-order valence-electron chi connectivity index (χ3n) is 6.15. The number of carbonyl (C=O) groups excluding carboxylic acids is 1. The summed E-state index contributed by atoms with van der Waals surface area (Å²) in [5, 5.41) is 3.27. The zero-order chi connectivity index (χ0) is 20.3. The number of benzene rings is 1. The number of urea groups is 1. The molecule has 28 heavy (non-hydrogen) atoms. The Bertz CT molecular complexity index is 640. The normalized spacial score (nSPS) is 22.1. The number of rotatable bonds is 4. The monoisotopic (exact) mass is 387 g/mol. The van der Waals surface area contributed by atoms with E-state index in [0.29, 0.717) is 24.0 Å². The summed E-state index contributed by atoms with van der Waals surface area (Å²) in [6.45, 7) is 15.4. The molecule has 3 rings (SSSR count). The number of piperidine rings is 1. The predicted molar refractivity (Wildman–Crippen MR) is 115 cm³/mol. The van der Waals surface area contributed by atoms with Crippen LogP contribution >= 0.6 is 0 Å². The van der Waals surface area contributed by atoms with Gasteiger partial charge in [0.25, 0.3) is 0 Å². The molecule has 2 aliphatic rings. The van der Waals surface area contributed by atoms with E-state index in [9.17, 15) is 4.79 Å². The topological polar surface area (TPSA) is 44.8 Å². The van der Waals surface area contributed by atoms with Gasteiger partial charge in [0.05, 0.1) is 12.7 Å². The summed E-state index contributed by atoms with van der Waals surface area (Å²) < 4.78 is 5.67. The van der Waals surface area contributed by atoms with Crippen LogP contribution in [0.5, 0.6) is 0 Å². The van der Waals surface area contributed by atoms with Gasteiger partial charge in [-0.15, -0.1) is 0 Å². The molecule has 2 heterocycles. The van der Waals surface area contributed by atoms with Gasteiger partial charge in [0.1, 0.15) is 0 Å². The Morgan fingerprint density at radius 3 is 2.21 bits per heavy atom. The maximum atomic E-state index is 13.0. The molecule has 0 spiro atoms. The van der Waals surface area contributed by atoms with Crippen molar-refractivity contribution in [3.8, 4) is 0 Å². The zero-order valence-electron chi connectivity index (χ0n) is 18.2. The van der Waals surface area contributed by atoms with Gasteiger partial charge < -0.3 is 15.0 Å². The molecule has 0 radical (unpaired) electrons. The van der Waals surface area contributed by atoms with Crippen LogP contribution in [0.15, 0.2) is 18.2 Å². The van der Waals surface area contributed by atoms with Crippen molar-refractivity contribution >= 4 is 11.7 Å². The number of ether oxygens (including phenoxy) is 1. The Labute approximate surface area is 170 Å². The maximum Gasteiger partial charge on any atom is 0.321 e.